The van der Waals surface area contributed by atoms with E-state index >= 15 is 0 Å². The number of guanidine groups is 1. The molecule has 0 aromatic carbocycles. The van der Waals surface area contributed by atoms with Crippen molar-refractivity contribution < 1.29 is 9.53 Å². The van der Waals surface area contributed by atoms with Crippen LogP contribution in [0.25, 0.3) is 0 Å². The number of amides is 1. The summed E-state index contributed by atoms with van der Waals surface area (Å²) in [5.41, 5.74) is 0.571. The third-order valence-electron chi connectivity index (χ3n) is 3.79. The second-order valence-corrected chi connectivity index (χ2v) is 8.27. The van der Waals surface area contributed by atoms with Crippen LogP contribution in [0, 0.1) is 5.92 Å². The van der Waals surface area contributed by atoms with Crippen LogP contribution in [-0.4, -0.2) is 48.3 Å². The summed E-state index contributed by atoms with van der Waals surface area (Å²) in [5.74, 6) is 0.931. The minimum Gasteiger partial charge on any atom is -0.444 e. The number of carbonyl (C=O) groups is 1. The second-order valence-electron chi connectivity index (χ2n) is 7.88. The number of carbonyl (C=O) groups excluding carboxylic acids is 1. The monoisotopic (exact) mass is 411 g/mol. The number of rotatable bonds is 8. The number of nitrogens with one attached hydrogen (secondary N) is 3. The molecule has 158 valence electrons. The molecule has 0 aliphatic heterocycles. The standard InChI is InChI=1S/C20H34ClN5O2/c1-7-22-18(23-11-10-15-8-9-17(21)24-12-15)25-13-16(14(2)3)26-19(27)28-20(4,5)6/h8-9,12,14,16H,7,10-11,13H2,1-6H3,(H,26,27)(H2,22,23,25). The quantitative estimate of drug-likeness (QED) is 0.346. The van der Waals surface area contributed by atoms with Gasteiger partial charge in [0.2, 0.25) is 0 Å². The van der Waals surface area contributed by atoms with Crippen LogP contribution in [-0.2, 0) is 11.2 Å². The lowest BCUT2D eigenvalue weighted by molar-refractivity contribution is 0.0493. The average molecular weight is 412 g/mol. The van der Waals surface area contributed by atoms with Gasteiger partial charge in [-0.3, -0.25) is 4.99 Å². The van der Waals surface area contributed by atoms with Crippen LogP contribution in [0.15, 0.2) is 23.3 Å². The van der Waals surface area contributed by atoms with Crippen molar-refractivity contribution in [3.05, 3.63) is 29.0 Å². The molecule has 0 aliphatic carbocycles. The molecule has 1 aromatic heterocycles. The zero-order valence-electron chi connectivity index (χ0n) is 17.8. The van der Waals surface area contributed by atoms with Crippen LogP contribution >= 0.6 is 11.6 Å². The zero-order chi connectivity index (χ0) is 21.2. The van der Waals surface area contributed by atoms with Crippen LogP contribution in [0.2, 0.25) is 5.15 Å². The third-order valence-corrected chi connectivity index (χ3v) is 4.02. The number of ether oxygens (including phenoxy) is 1. The predicted octanol–water partition coefficient (Wildman–Crippen LogP) is 3.38. The van der Waals surface area contributed by atoms with Gasteiger partial charge in [0.05, 0.1) is 12.6 Å². The molecule has 0 fully saturated rings. The fourth-order valence-corrected chi connectivity index (χ4v) is 2.40. The van der Waals surface area contributed by atoms with Crippen molar-refractivity contribution in [3.63, 3.8) is 0 Å². The van der Waals surface area contributed by atoms with E-state index in [4.69, 9.17) is 16.3 Å². The van der Waals surface area contributed by atoms with Gasteiger partial charge in [-0.25, -0.2) is 9.78 Å². The molecular formula is C20H34ClN5O2. The minimum atomic E-state index is -0.526. The summed E-state index contributed by atoms with van der Waals surface area (Å²) < 4.78 is 5.35. The highest BCUT2D eigenvalue weighted by Crippen LogP contribution is 2.09. The van der Waals surface area contributed by atoms with Crippen molar-refractivity contribution in [1.29, 1.82) is 0 Å². The fraction of sp³-hybridized carbons (Fsp3) is 0.650. The Balaban J connectivity index is 2.60. The number of alkyl carbamates (subject to hydrolysis) is 1. The number of hydrogen-bond acceptors (Lipinski definition) is 4. The van der Waals surface area contributed by atoms with Crippen molar-refractivity contribution in [2.24, 2.45) is 10.9 Å². The van der Waals surface area contributed by atoms with Crippen LogP contribution in [0.4, 0.5) is 4.79 Å². The number of pyridine rings is 1. The number of halogens is 1. The summed E-state index contributed by atoms with van der Waals surface area (Å²) in [4.78, 5) is 20.8. The summed E-state index contributed by atoms with van der Waals surface area (Å²) in [6.07, 6.45) is 2.15. The number of nitrogens with zero attached hydrogens (tertiary/aromatic N) is 2. The molecule has 1 unspecified atom stereocenters. The first kappa shape index (κ1) is 24.0. The maximum Gasteiger partial charge on any atom is 0.407 e. The van der Waals surface area contributed by atoms with Gasteiger partial charge >= 0.3 is 6.09 Å². The van der Waals surface area contributed by atoms with Gasteiger partial charge in [0, 0.05) is 19.3 Å². The normalized spacial score (nSPS) is 13.2. The highest BCUT2D eigenvalue weighted by atomic mass is 35.5. The van der Waals surface area contributed by atoms with Gasteiger partial charge in [0.1, 0.15) is 10.8 Å². The molecule has 8 heteroatoms. The van der Waals surface area contributed by atoms with E-state index < -0.39 is 11.7 Å². The van der Waals surface area contributed by atoms with E-state index in [2.05, 4.69) is 25.9 Å². The van der Waals surface area contributed by atoms with Crippen molar-refractivity contribution in [2.45, 2.75) is 59.6 Å². The summed E-state index contributed by atoms with van der Waals surface area (Å²) in [7, 11) is 0. The number of hydrogen-bond donors (Lipinski definition) is 3. The van der Waals surface area contributed by atoms with E-state index in [1.165, 1.54) is 0 Å². The van der Waals surface area contributed by atoms with Crippen LogP contribution < -0.4 is 16.0 Å². The van der Waals surface area contributed by atoms with Crippen LogP contribution in [0.1, 0.15) is 47.1 Å². The highest BCUT2D eigenvalue weighted by molar-refractivity contribution is 6.29. The molecule has 3 N–H and O–H groups in total. The molecule has 1 amide bonds. The van der Waals surface area contributed by atoms with Gasteiger partial charge in [0.25, 0.3) is 0 Å². The SMILES string of the molecule is CCNC(=NCC(NC(=O)OC(C)(C)C)C(C)C)NCCc1ccc(Cl)nc1. The topological polar surface area (TPSA) is 87.6 Å². The van der Waals surface area contributed by atoms with Crippen molar-refractivity contribution in [3.8, 4) is 0 Å². The van der Waals surface area contributed by atoms with E-state index in [9.17, 15) is 4.79 Å². The fourth-order valence-electron chi connectivity index (χ4n) is 2.29. The van der Waals surface area contributed by atoms with E-state index in [0.717, 1.165) is 18.5 Å². The Morgan fingerprint density at radius 1 is 1.29 bits per heavy atom. The van der Waals surface area contributed by atoms with E-state index in [-0.39, 0.29) is 12.0 Å². The summed E-state index contributed by atoms with van der Waals surface area (Å²) in [5, 5.41) is 9.93. The summed E-state index contributed by atoms with van der Waals surface area (Å²) in [6.45, 7) is 13.6. The van der Waals surface area contributed by atoms with Crippen molar-refractivity contribution >= 4 is 23.7 Å². The molecule has 1 aromatic rings. The van der Waals surface area contributed by atoms with Gasteiger partial charge in [-0.15, -0.1) is 0 Å². The molecular weight excluding hydrogens is 378 g/mol. The first-order valence-electron chi connectivity index (χ1n) is 9.73. The molecule has 28 heavy (non-hydrogen) atoms. The van der Waals surface area contributed by atoms with Gasteiger partial charge in [-0.2, -0.15) is 0 Å². The Bertz CT molecular complexity index is 626. The molecule has 1 rings (SSSR count). The van der Waals surface area contributed by atoms with E-state index in [0.29, 0.717) is 24.2 Å². The zero-order valence-corrected chi connectivity index (χ0v) is 18.6. The molecule has 0 spiro atoms. The first-order valence-corrected chi connectivity index (χ1v) is 10.1. The number of aliphatic imine (C=N–C) groups is 1. The van der Waals surface area contributed by atoms with Crippen LogP contribution in [0.3, 0.4) is 0 Å². The Kier molecular flexibility index (Phi) is 10.1. The third kappa shape index (κ3) is 10.3. The van der Waals surface area contributed by atoms with Crippen molar-refractivity contribution in [1.82, 2.24) is 20.9 Å². The number of aromatic nitrogens is 1. The molecule has 0 saturated carbocycles. The molecule has 7 nitrogen and oxygen atoms in total. The Morgan fingerprint density at radius 2 is 2.00 bits per heavy atom. The largest absolute Gasteiger partial charge is 0.444 e. The molecule has 1 heterocycles. The Hall–Kier alpha value is -2.02. The molecule has 0 saturated heterocycles. The molecule has 0 bridgehead atoms. The lowest BCUT2D eigenvalue weighted by Crippen LogP contribution is -2.45. The van der Waals surface area contributed by atoms with E-state index in [1.807, 2.05) is 47.6 Å². The van der Waals surface area contributed by atoms with Gasteiger partial charge in [-0.05, 0) is 51.7 Å². The minimum absolute atomic E-state index is 0.120. The van der Waals surface area contributed by atoms with E-state index in [1.54, 1.807) is 12.3 Å². The molecule has 0 radical (unpaired) electrons. The van der Waals surface area contributed by atoms with Crippen molar-refractivity contribution in [2.75, 3.05) is 19.6 Å². The molecule has 0 aliphatic rings. The predicted molar refractivity (Wildman–Crippen MR) is 115 cm³/mol. The highest BCUT2D eigenvalue weighted by Gasteiger charge is 2.21. The van der Waals surface area contributed by atoms with Crippen LogP contribution in [0.5, 0.6) is 0 Å². The lowest BCUT2D eigenvalue weighted by Gasteiger charge is -2.25. The first-order chi connectivity index (χ1) is 13.1. The van der Waals surface area contributed by atoms with Gasteiger partial charge in [-0.1, -0.05) is 31.5 Å². The maximum atomic E-state index is 12.1. The summed E-state index contributed by atoms with van der Waals surface area (Å²) in [6, 6.07) is 3.62. The molecule has 1 atom stereocenters. The maximum absolute atomic E-state index is 12.1. The smallest absolute Gasteiger partial charge is 0.407 e. The van der Waals surface area contributed by atoms with Gasteiger partial charge in [0.15, 0.2) is 5.96 Å². The average Bonchev–Trinajstić information content (AvgIpc) is 2.58. The summed E-state index contributed by atoms with van der Waals surface area (Å²) >= 11 is 5.81. The Morgan fingerprint density at radius 3 is 2.54 bits per heavy atom. The lowest BCUT2D eigenvalue weighted by atomic mass is 10.1. The Labute approximate surface area is 173 Å². The van der Waals surface area contributed by atoms with Gasteiger partial charge < -0.3 is 20.7 Å². The second kappa shape index (κ2) is 11.7.